The fourth-order valence-corrected chi connectivity index (χ4v) is 2.08. The molecule has 1 N–H and O–H groups in total. The van der Waals surface area contributed by atoms with Gasteiger partial charge in [-0.05, 0) is 32.9 Å². The van der Waals surface area contributed by atoms with Crippen LogP contribution in [0.15, 0.2) is 12.2 Å². The summed E-state index contributed by atoms with van der Waals surface area (Å²) in [4.78, 5) is 2.60. The average molecular weight is 196 g/mol. The van der Waals surface area contributed by atoms with Gasteiger partial charge in [0.25, 0.3) is 0 Å². The smallest absolute Gasteiger partial charge is 0.0223 e. The van der Waals surface area contributed by atoms with E-state index in [1.165, 1.54) is 25.8 Å². The van der Waals surface area contributed by atoms with Gasteiger partial charge in [-0.1, -0.05) is 25.5 Å². The van der Waals surface area contributed by atoms with Gasteiger partial charge in [0.15, 0.2) is 0 Å². The van der Waals surface area contributed by atoms with E-state index in [2.05, 4.69) is 36.2 Å². The summed E-state index contributed by atoms with van der Waals surface area (Å²) in [7, 11) is 0. The maximum absolute atomic E-state index is 3.46. The Morgan fingerprint density at radius 3 is 3.00 bits per heavy atom. The van der Waals surface area contributed by atoms with Crippen LogP contribution in [0.1, 0.15) is 33.1 Å². The van der Waals surface area contributed by atoms with Crippen LogP contribution in [-0.2, 0) is 0 Å². The van der Waals surface area contributed by atoms with Crippen molar-refractivity contribution in [3.63, 3.8) is 0 Å². The summed E-state index contributed by atoms with van der Waals surface area (Å²) in [5.41, 5.74) is 0. The van der Waals surface area contributed by atoms with E-state index in [9.17, 15) is 0 Å². The van der Waals surface area contributed by atoms with Gasteiger partial charge in [-0.2, -0.15) is 0 Å². The van der Waals surface area contributed by atoms with Crippen molar-refractivity contribution in [1.29, 1.82) is 0 Å². The fourth-order valence-electron chi connectivity index (χ4n) is 2.08. The zero-order valence-electron chi connectivity index (χ0n) is 9.63. The van der Waals surface area contributed by atoms with E-state index < -0.39 is 0 Å². The number of likely N-dealkylation sites (N-methyl/N-ethyl adjacent to an activating group) is 1. The van der Waals surface area contributed by atoms with Crippen LogP contribution in [0.25, 0.3) is 0 Å². The first-order chi connectivity index (χ1) is 6.88. The Labute approximate surface area is 88.4 Å². The summed E-state index contributed by atoms with van der Waals surface area (Å²) < 4.78 is 0. The predicted octanol–water partition coefficient (Wildman–Crippen LogP) is 2.03. The lowest BCUT2D eigenvalue weighted by Gasteiger charge is -2.35. The first-order valence-electron chi connectivity index (χ1n) is 5.94. The molecule has 0 radical (unpaired) electrons. The Morgan fingerprint density at radius 1 is 1.43 bits per heavy atom. The first-order valence-corrected chi connectivity index (χ1v) is 5.94. The molecule has 0 spiro atoms. The molecule has 14 heavy (non-hydrogen) atoms. The van der Waals surface area contributed by atoms with Crippen LogP contribution in [0.4, 0.5) is 0 Å². The highest BCUT2D eigenvalue weighted by molar-refractivity contribution is 4.87. The highest BCUT2D eigenvalue weighted by Crippen LogP contribution is 2.15. The number of allylic oxidation sites excluding steroid dienone is 1. The van der Waals surface area contributed by atoms with Gasteiger partial charge in [-0.15, -0.1) is 0 Å². The van der Waals surface area contributed by atoms with Crippen molar-refractivity contribution in [3.8, 4) is 0 Å². The molecule has 2 nitrogen and oxygen atoms in total. The quantitative estimate of drug-likeness (QED) is 0.677. The van der Waals surface area contributed by atoms with Gasteiger partial charge in [0.2, 0.25) is 0 Å². The third kappa shape index (κ3) is 3.81. The second-order valence-electron chi connectivity index (χ2n) is 4.02. The molecule has 1 heterocycles. The Morgan fingerprint density at radius 2 is 2.29 bits per heavy atom. The lowest BCUT2D eigenvalue weighted by molar-refractivity contribution is 0.162. The third-order valence-corrected chi connectivity index (χ3v) is 2.95. The van der Waals surface area contributed by atoms with Crippen LogP contribution in [0, 0.1) is 0 Å². The number of rotatable bonds is 5. The molecule has 1 aliphatic rings. The molecule has 0 aromatic carbocycles. The minimum absolute atomic E-state index is 0.764. The lowest BCUT2D eigenvalue weighted by Crippen LogP contribution is -2.45. The standard InChI is InChI=1S/C12H24N2/c1-3-5-9-14-10-7-6-8-12(14)11-13-4-2/h3,5,12-13H,4,6-11H2,1-2H3. The summed E-state index contributed by atoms with van der Waals surface area (Å²) in [5.74, 6) is 0. The van der Waals surface area contributed by atoms with Gasteiger partial charge < -0.3 is 5.32 Å². The molecule has 1 rings (SSSR count). The Hall–Kier alpha value is -0.340. The molecule has 0 bridgehead atoms. The van der Waals surface area contributed by atoms with Gasteiger partial charge in [-0.25, -0.2) is 0 Å². The monoisotopic (exact) mass is 196 g/mol. The maximum Gasteiger partial charge on any atom is 0.0223 e. The van der Waals surface area contributed by atoms with E-state index in [0.717, 1.165) is 25.7 Å². The van der Waals surface area contributed by atoms with Gasteiger partial charge in [0, 0.05) is 19.1 Å². The third-order valence-electron chi connectivity index (χ3n) is 2.95. The van der Waals surface area contributed by atoms with Gasteiger partial charge >= 0.3 is 0 Å². The zero-order valence-corrected chi connectivity index (χ0v) is 9.63. The molecule has 0 aromatic rings. The van der Waals surface area contributed by atoms with Crippen LogP contribution < -0.4 is 5.32 Å². The summed E-state index contributed by atoms with van der Waals surface area (Å²) >= 11 is 0. The second kappa shape index (κ2) is 7.02. The molecule has 0 aliphatic carbocycles. The largest absolute Gasteiger partial charge is 0.315 e. The normalized spacial score (nSPS) is 24.6. The van der Waals surface area contributed by atoms with E-state index in [0.29, 0.717) is 0 Å². The van der Waals surface area contributed by atoms with E-state index in [-0.39, 0.29) is 0 Å². The Balaban J connectivity index is 2.33. The molecular formula is C12H24N2. The Kier molecular flexibility index (Phi) is 5.88. The van der Waals surface area contributed by atoms with Crippen LogP contribution in [-0.4, -0.2) is 37.1 Å². The van der Waals surface area contributed by atoms with Gasteiger partial charge in [0.05, 0.1) is 0 Å². The minimum atomic E-state index is 0.764. The van der Waals surface area contributed by atoms with Crippen molar-refractivity contribution in [2.24, 2.45) is 0 Å². The van der Waals surface area contributed by atoms with Crippen molar-refractivity contribution in [3.05, 3.63) is 12.2 Å². The van der Waals surface area contributed by atoms with Crippen LogP contribution in [0.3, 0.4) is 0 Å². The van der Waals surface area contributed by atoms with Crippen LogP contribution in [0.2, 0.25) is 0 Å². The van der Waals surface area contributed by atoms with E-state index in [1.807, 2.05) is 0 Å². The Bertz CT molecular complexity index is 166. The number of nitrogens with one attached hydrogen (secondary N) is 1. The summed E-state index contributed by atoms with van der Waals surface area (Å²) in [5, 5.41) is 3.46. The van der Waals surface area contributed by atoms with Gasteiger partial charge in [-0.3, -0.25) is 4.90 Å². The lowest BCUT2D eigenvalue weighted by atomic mass is 10.0. The van der Waals surface area contributed by atoms with E-state index >= 15 is 0 Å². The van der Waals surface area contributed by atoms with Crippen molar-refractivity contribution in [2.45, 2.75) is 39.2 Å². The molecule has 1 unspecified atom stereocenters. The molecule has 0 amide bonds. The highest BCUT2D eigenvalue weighted by Gasteiger charge is 2.20. The molecule has 82 valence electrons. The summed E-state index contributed by atoms with van der Waals surface area (Å²) in [6, 6.07) is 0.764. The number of piperidine rings is 1. The number of hydrogen-bond acceptors (Lipinski definition) is 2. The predicted molar refractivity (Wildman–Crippen MR) is 62.6 cm³/mol. The first kappa shape index (κ1) is 11.7. The van der Waals surface area contributed by atoms with Crippen molar-refractivity contribution in [1.82, 2.24) is 10.2 Å². The SMILES string of the molecule is CC=CCN1CCCCC1CNCC. The van der Waals surface area contributed by atoms with Crippen molar-refractivity contribution >= 4 is 0 Å². The summed E-state index contributed by atoms with van der Waals surface area (Å²) in [6.45, 7) is 8.94. The molecule has 1 fully saturated rings. The second-order valence-corrected chi connectivity index (χ2v) is 4.02. The molecule has 2 heteroatoms. The van der Waals surface area contributed by atoms with E-state index in [4.69, 9.17) is 0 Å². The topological polar surface area (TPSA) is 15.3 Å². The van der Waals surface area contributed by atoms with Crippen molar-refractivity contribution in [2.75, 3.05) is 26.2 Å². The zero-order chi connectivity index (χ0) is 10.2. The van der Waals surface area contributed by atoms with Gasteiger partial charge in [0.1, 0.15) is 0 Å². The summed E-state index contributed by atoms with van der Waals surface area (Å²) in [6.07, 6.45) is 8.57. The molecule has 0 saturated carbocycles. The molecule has 1 aliphatic heterocycles. The highest BCUT2D eigenvalue weighted by atomic mass is 15.2. The fraction of sp³-hybridized carbons (Fsp3) is 0.833. The molecule has 0 aromatic heterocycles. The number of nitrogens with zero attached hydrogens (tertiary/aromatic N) is 1. The van der Waals surface area contributed by atoms with E-state index in [1.54, 1.807) is 0 Å². The number of hydrogen-bond donors (Lipinski definition) is 1. The maximum atomic E-state index is 3.46. The van der Waals surface area contributed by atoms with Crippen LogP contribution in [0.5, 0.6) is 0 Å². The molecule has 1 atom stereocenters. The molecule has 1 saturated heterocycles. The molecular weight excluding hydrogens is 172 g/mol. The van der Waals surface area contributed by atoms with Crippen molar-refractivity contribution < 1.29 is 0 Å². The average Bonchev–Trinajstić information content (AvgIpc) is 2.24. The number of likely N-dealkylation sites (tertiary alicyclic amines) is 1. The van der Waals surface area contributed by atoms with Crippen LogP contribution >= 0.6 is 0 Å². The minimum Gasteiger partial charge on any atom is -0.315 e.